The van der Waals surface area contributed by atoms with Crippen LogP contribution in [0.25, 0.3) is 0 Å². The minimum Gasteiger partial charge on any atom is -0.398 e. The van der Waals surface area contributed by atoms with E-state index in [9.17, 15) is 0 Å². The van der Waals surface area contributed by atoms with Crippen LogP contribution in [0.1, 0.15) is 0 Å². The maximum absolute atomic E-state index is 5.39. The zero-order valence-corrected chi connectivity index (χ0v) is 5.10. The molecule has 0 amide bonds. The van der Waals surface area contributed by atoms with Gasteiger partial charge in [-0.3, -0.25) is 4.99 Å². The van der Waals surface area contributed by atoms with E-state index in [1.807, 2.05) is 0 Å². The van der Waals surface area contributed by atoms with Gasteiger partial charge < -0.3 is 11.1 Å². The van der Waals surface area contributed by atoms with Crippen molar-refractivity contribution in [1.82, 2.24) is 5.32 Å². The summed E-state index contributed by atoms with van der Waals surface area (Å²) in [7, 11) is 0. The molecule has 1 aliphatic heterocycles. The molecule has 4 heteroatoms. The molecule has 0 bridgehead atoms. The number of thiol groups is 1. The van der Waals surface area contributed by atoms with Gasteiger partial charge in [0.1, 0.15) is 5.37 Å². The number of rotatable bonds is 0. The van der Waals surface area contributed by atoms with Crippen LogP contribution in [-0.4, -0.2) is 11.7 Å². The van der Waals surface area contributed by atoms with Crippen molar-refractivity contribution < 1.29 is 0 Å². The predicted octanol–water partition coefficient (Wildman–Crippen LogP) is -0.326. The zero-order chi connectivity index (χ0) is 5.98. The molecule has 0 fully saturated rings. The lowest BCUT2D eigenvalue weighted by molar-refractivity contribution is 0.980. The highest BCUT2D eigenvalue weighted by Gasteiger charge is 2.03. The lowest BCUT2D eigenvalue weighted by Gasteiger charge is -2.09. The average Bonchev–Trinajstić information content (AvgIpc) is 1.77. The first kappa shape index (κ1) is 5.50. The minimum absolute atomic E-state index is 0.156. The Morgan fingerprint density at radius 1 is 1.88 bits per heavy atom. The summed E-state index contributed by atoms with van der Waals surface area (Å²) in [5.74, 6) is 0. The Hall–Kier alpha value is -0.640. The molecule has 0 aromatic rings. The van der Waals surface area contributed by atoms with Gasteiger partial charge in [0.2, 0.25) is 0 Å². The van der Waals surface area contributed by atoms with Crippen LogP contribution in [-0.2, 0) is 0 Å². The molecule has 0 aromatic carbocycles. The van der Waals surface area contributed by atoms with E-state index in [2.05, 4.69) is 22.9 Å². The van der Waals surface area contributed by atoms with Crippen LogP contribution in [0, 0.1) is 0 Å². The first-order valence-corrected chi connectivity index (χ1v) is 2.73. The van der Waals surface area contributed by atoms with Crippen molar-refractivity contribution >= 4 is 19.0 Å². The molecule has 1 heterocycles. The van der Waals surface area contributed by atoms with Crippen LogP contribution in [0.4, 0.5) is 0 Å². The van der Waals surface area contributed by atoms with Crippen LogP contribution in [0.5, 0.6) is 0 Å². The Bertz CT molecular complexity index is 140. The smallest absolute Gasteiger partial charge is 0.135 e. The molecule has 44 valence electrons. The maximum atomic E-state index is 5.39. The molecule has 1 atom stereocenters. The SMILES string of the molecule is NC1=CNC=NC1S. The Kier molecular flexibility index (Phi) is 1.43. The van der Waals surface area contributed by atoms with Gasteiger partial charge in [-0.05, 0) is 0 Å². The highest BCUT2D eigenvalue weighted by Crippen LogP contribution is 2.04. The molecule has 0 radical (unpaired) electrons. The van der Waals surface area contributed by atoms with Gasteiger partial charge in [0.15, 0.2) is 0 Å². The van der Waals surface area contributed by atoms with E-state index < -0.39 is 0 Å². The van der Waals surface area contributed by atoms with E-state index in [4.69, 9.17) is 5.73 Å². The Balaban J connectivity index is 2.63. The van der Waals surface area contributed by atoms with Crippen LogP contribution in [0.3, 0.4) is 0 Å². The third-order valence-electron chi connectivity index (χ3n) is 0.838. The van der Waals surface area contributed by atoms with Gasteiger partial charge in [0.25, 0.3) is 0 Å². The summed E-state index contributed by atoms with van der Waals surface area (Å²) in [6.45, 7) is 0. The van der Waals surface area contributed by atoms with E-state index in [-0.39, 0.29) is 5.37 Å². The van der Waals surface area contributed by atoms with E-state index in [0.717, 1.165) is 0 Å². The fourth-order valence-electron chi connectivity index (χ4n) is 0.408. The fraction of sp³-hybridized carbons (Fsp3) is 0.250. The van der Waals surface area contributed by atoms with Gasteiger partial charge in [0, 0.05) is 6.20 Å². The second kappa shape index (κ2) is 2.09. The molecule has 0 aromatic heterocycles. The van der Waals surface area contributed by atoms with E-state index in [0.29, 0.717) is 5.70 Å². The standard InChI is InChI=1S/C4H7N3S/c5-3-1-6-2-7-4(3)8/h1-2,4,8H,5H2,(H,6,7). The van der Waals surface area contributed by atoms with Crippen LogP contribution in [0.2, 0.25) is 0 Å². The quantitative estimate of drug-likeness (QED) is 0.392. The van der Waals surface area contributed by atoms with Crippen molar-refractivity contribution in [3.63, 3.8) is 0 Å². The van der Waals surface area contributed by atoms with Crippen molar-refractivity contribution in [2.24, 2.45) is 10.7 Å². The Morgan fingerprint density at radius 3 is 3.00 bits per heavy atom. The summed E-state index contributed by atoms with van der Waals surface area (Å²) in [6, 6.07) is 0. The number of hydrogen-bond donors (Lipinski definition) is 3. The highest BCUT2D eigenvalue weighted by molar-refractivity contribution is 7.81. The van der Waals surface area contributed by atoms with Crippen LogP contribution < -0.4 is 11.1 Å². The van der Waals surface area contributed by atoms with Crippen molar-refractivity contribution in [2.45, 2.75) is 5.37 Å². The van der Waals surface area contributed by atoms with Crippen LogP contribution in [0.15, 0.2) is 16.9 Å². The molecular weight excluding hydrogens is 122 g/mol. The van der Waals surface area contributed by atoms with Gasteiger partial charge in [-0.25, -0.2) is 0 Å². The molecular formula is C4H7N3S. The van der Waals surface area contributed by atoms with Gasteiger partial charge in [-0.15, -0.1) is 12.6 Å². The van der Waals surface area contributed by atoms with Crippen LogP contribution >= 0.6 is 12.6 Å². The number of hydrogen-bond acceptors (Lipinski definition) is 4. The second-order valence-corrected chi connectivity index (χ2v) is 1.95. The second-order valence-electron chi connectivity index (χ2n) is 1.46. The summed E-state index contributed by atoms with van der Waals surface area (Å²) >= 11 is 4.03. The minimum atomic E-state index is -0.156. The van der Waals surface area contributed by atoms with Gasteiger partial charge >= 0.3 is 0 Å². The van der Waals surface area contributed by atoms with E-state index >= 15 is 0 Å². The van der Waals surface area contributed by atoms with Crippen molar-refractivity contribution in [2.75, 3.05) is 0 Å². The molecule has 3 N–H and O–H groups in total. The topological polar surface area (TPSA) is 50.4 Å². The highest BCUT2D eigenvalue weighted by atomic mass is 32.1. The lowest BCUT2D eigenvalue weighted by Crippen LogP contribution is -2.20. The monoisotopic (exact) mass is 129 g/mol. The first-order chi connectivity index (χ1) is 3.80. The first-order valence-electron chi connectivity index (χ1n) is 2.22. The summed E-state index contributed by atoms with van der Waals surface area (Å²) in [4.78, 5) is 3.85. The average molecular weight is 129 g/mol. The van der Waals surface area contributed by atoms with Gasteiger partial charge in [-0.1, -0.05) is 0 Å². The molecule has 0 saturated heterocycles. The molecule has 3 nitrogen and oxygen atoms in total. The molecule has 1 aliphatic rings. The number of aliphatic imine (C=N–C) groups is 1. The third kappa shape index (κ3) is 0.949. The third-order valence-corrected chi connectivity index (χ3v) is 1.27. The van der Waals surface area contributed by atoms with E-state index in [1.165, 1.54) is 0 Å². The van der Waals surface area contributed by atoms with Crippen molar-refractivity contribution in [3.8, 4) is 0 Å². The van der Waals surface area contributed by atoms with Crippen molar-refractivity contribution in [1.29, 1.82) is 0 Å². The molecule has 0 saturated carbocycles. The molecule has 1 rings (SSSR count). The molecule has 8 heavy (non-hydrogen) atoms. The Morgan fingerprint density at radius 2 is 2.62 bits per heavy atom. The summed E-state index contributed by atoms with van der Waals surface area (Å²) < 4.78 is 0. The molecule has 0 spiro atoms. The largest absolute Gasteiger partial charge is 0.398 e. The zero-order valence-electron chi connectivity index (χ0n) is 4.20. The molecule has 0 aliphatic carbocycles. The summed E-state index contributed by atoms with van der Waals surface area (Å²) in [5.41, 5.74) is 6.04. The normalized spacial score (nSPS) is 26.6. The van der Waals surface area contributed by atoms with Gasteiger partial charge in [-0.2, -0.15) is 0 Å². The number of nitrogens with zero attached hydrogens (tertiary/aromatic N) is 1. The number of nitrogens with one attached hydrogen (secondary N) is 1. The van der Waals surface area contributed by atoms with Crippen molar-refractivity contribution in [3.05, 3.63) is 11.9 Å². The van der Waals surface area contributed by atoms with Gasteiger partial charge in [0.05, 0.1) is 12.0 Å². The Labute approximate surface area is 53.1 Å². The lowest BCUT2D eigenvalue weighted by atomic mass is 10.4. The summed E-state index contributed by atoms with van der Waals surface area (Å²) in [5, 5.41) is 2.58. The summed E-state index contributed by atoms with van der Waals surface area (Å²) in [6.07, 6.45) is 3.23. The maximum Gasteiger partial charge on any atom is 0.135 e. The predicted molar refractivity (Wildman–Crippen MR) is 36.7 cm³/mol. The number of nitrogens with two attached hydrogens (primary N) is 1. The molecule has 1 unspecified atom stereocenters. The van der Waals surface area contributed by atoms with E-state index in [1.54, 1.807) is 12.5 Å². The fourth-order valence-corrected chi connectivity index (χ4v) is 0.549.